The van der Waals surface area contributed by atoms with E-state index in [4.69, 9.17) is 25.5 Å². The van der Waals surface area contributed by atoms with Crippen LogP contribution < -0.4 is 9.46 Å². The van der Waals surface area contributed by atoms with Crippen molar-refractivity contribution in [1.29, 1.82) is 0 Å². The Hall–Kier alpha value is -2.73. The lowest BCUT2D eigenvalue weighted by molar-refractivity contribution is -0.139. The van der Waals surface area contributed by atoms with Gasteiger partial charge in [0.2, 0.25) is 15.9 Å². The molecule has 256 valence electrons. The number of benzene rings is 3. The number of carbonyl (C=O) groups excluding carboxylic acids is 1. The quantitative estimate of drug-likeness (QED) is 0.177. The summed E-state index contributed by atoms with van der Waals surface area (Å²) in [5.74, 6) is 0.373. The van der Waals surface area contributed by atoms with Crippen LogP contribution in [0, 0.1) is 6.92 Å². The first-order valence-corrected chi connectivity index (χ1v) is 20.9. The standard InChI is InChI=1S/C36H49ClN2O6SSi/c1-26-13-19-32(20-14-26)46(41,42)38-27(2)35(40)39-22-34(45-47(6,7)36(3,4)5)33(37)25-43-24-30(39)21-28-15-17-31(18-16-28)44-23-29-11-9-8-10-12-29/h8-20,27,30,33-34,38H,21-25H2,1-7H3/t27-,30-,33-,34+/m0/s1. The lowest BCUT2D eigenvalue weighted by atomic mass is 10.0. The maximum absolute atomic E-state index is 14.3. The number of aryl methyl sites for hydroxylation is 1. The Morgan fingerprint density at radius 2 is 1.64 bits per heavy atom. The number of halogens is 1. The van der Waals surface area contributed by atoms with E-state index in [1.54, 1.807) is 24.0 Å². The Morgan fingerprint density at radius 3 is 2.26 bits per heavy atom. The highest BCUT2D eigenvalue weighted by atomic mass is 35.5. The molecule has 1 amide bonds. The van der Waals surface area contributed by atoms with Crippen molar-refractivity contribution >= 4 is 35.8 Å². The number of hydrogen-bond donors (Lipinski definition) is 1. The molecule has 0 aliphatic carbocycles. The molecule has 0 radical (unpaired) electrons. The molecule has 1 aliphatic heterocycles. The first kappa shape index (κ1) is 37.1. The van der Waals surface area contributed by atoms with Gasteiger partial charge in [-0.2, -0.15) is 4.72 Å². The van der Waals surface area contributed by atoms with Crippen LogP contribution in [-0.4, -0.2) is 70.9 Å². The molecule has 8 nitrogen and oxygen atoms in total. The molecule has 3 aromatic carbocycles. The van der Waals surface area contributed by atoms with Gasteiger partial charge in [0, 0.05) is 6.54 Å². The molecule has 4 rings (SSSR count). The summed E-state index contributed by atoms with van der Waals surface area (Å²) in [6.45, 7) is 15.4. The van der Waals surface area contributed by atoms with E-state index in [9.17, 15) is 13.2 Å². The number of ether oxygens (including phenoxy) is 2. The molecule has 3 aromatic rings. The van der Waals surface area contributed by atoms with Gasteiger partial charge in [-0.3, -0.25) is 4.79 Å². The van der Waals surface area contributed by atoms with Crippen LogP contribution in [0.4, 0.5) is 0 Å². The fourth-order valence-corrected chi connectivity index (χ4v) is 7.98. The highest BCUT2D eigenvalue weighted by Crippen LogP contribution is 2.38. The molecular weight excluding hydrogens is 652 g/mol. The molecule has 0 bridgehead atoms. The summed E-state index contributed by atoms with van der Waals surface area (Å²) in [7, 11) is -6.24. The molecule has 1 heterocycles. The average Bonchev–Trinajstić information content (AvgIpc) is 3.01. The Kier molecular flexibility index (Phi) is 12.4. The molecule has 0 spiro atoms. The molecule has 0 unspecified atom stereocenters. The van der Waals surface area contributed by atoms with Gasteiger partial charge in [-0.15, -0.1) is 11.6 Å². The Morgan fingerprint density at radius 1 is 1.00 bits per heavy atom. The molecule has 1 aliphatic rings. The van der Waals surface area contributed by atoms with E-state index in [-0.39, 0.29) is 41.6 Å². The van der Waals surface area contributed by atoms with E-state index in [0.29, 0.717) is 13.0 Å². The molecule has 0 saturated carbocycles. The molecule has 11 heteroatoms. The van der Waals surface area contributed by atoms with Crippen LogP contribution in [0.15, 0.2) is 83.8 Å². The first-order valence-electron chi connectivity index (χ1n) is 16.1. The highest BCUT2D eigenvalue weighted by Gasteiger charge is 2.43. The molecule has 1 saturated heterocycles. The lowest BCUT2D eigenvalue weighted by Gasteiger charge is -2.44. The molecule has 1 N–H and O–H groups in total. The fourth-order valence-electron chi connectivity index (χ4n) is 5.13. The van der Waals surface area contributed by atoms with E-state index in [1.165, 1.54) is 12.1 Å². The SMILES string of the molecule is Cc1ccc(S(=O)(=O)N[C@@H](C)C(=O)N2C[C@@H](O[Si](C)(C)C(C)(C)C)[C@@H](Cl)COC[C@@H]2Cc2ccc(OCc3ccccc3)cc2)cc1. The van der Waals surface area contributed by atoms with Crippen LogP contribution in [-0.2, 0) is 37.0 Å². The number of rotatable bonds is 11. The van der Waals surface area contributed by atoms with Gasteiger partial charge < -0.3 is 18.8 Å². The van der Waals surface area contributed by atoms with Gasteiger partial charge in [-0.1, -0.05) is 80.9 Å². The van der Waals surface area contributed by atoms with Crippen LogP contribution in [0.1, 0.15) is 44.4 Å². The van der Waals surface area contributed by atoms with Gasteiger partial charge in [0.15, 0.2) is 8.32 Å². The predicted molar refractivity (Wildman–Crippen MR) is 190 cm³/mol. The number of alkyl halides is 1. The Balaban J connectivity index is 1.58. The van der Waals surface area contributed by atoms with Gasteiger partial charge in [0.25, 0.3) is 0 Å². The zero-order valence-electron chi connectivity index (χ0n) is 28.5. The monoisotopic (exact) mass is 700 g/mol. The van der Waals surface area contributed by atoms with E-state index in [2.05, 4.69) is 38.6 Å². The largest absolute Gasteiger partial charge is 0.489 e. The highest BCUT2D eigenvalue weighted by molar-refractivity contribution is 7.89. The third kappa shape index (κ3) is 10.1. The van der Waals surface area contributed by atoms with E-state index in [1.807, 2.05) is 61.5 Å². The number of amides is 1. The molecular formula is C36H49ClN2O6SSi. The van der Waals surface area contributed by atoms with Crippen LogP contribution >= 0.6 is 11.6 Å². The van der Waals surface area contributed by atoms with E-state index < -0.39 is 35.9 Å². The normalized spacial score (nSPS) is 20.3. The third-order valence-electron chi connectivity index (χ3n) is 9.02. The number of carbonyl (C=O) groups is 1. The molecule has 47 heavy (non-hydrogen) atoms. The summed E-state index contributed by atoms with van der Waals surface area (Å²) in [6.07, 6.45) is -0.0129. The summed E-state index contributed by atoms with van der Waals surface area (Å²) in [5.41, 5.74) is 3.01. The second kappa shape index (κ2) is 15.7. The fraction of sp³-hybridized carbons (Fsp3) is 0.472. The van der Waals surface area contributed by atoms with Gasteiger partial charge in [0.1, 0.15) is 12.4 Å². The van der Waals surface area contributed by atoms with Crippen molar-refractivity contribution in [3.63, 3.8) is 0 Å². The summed E-state index contributed by atoms with van der Waals surface area (Å²) in [4.78, 5) is 16.1. The smallest absolute Gasteiger partial charge is 0.241 e. The zero-order valence-corrected chi connectivity index (χ0v) is 31.1. The van der Waals surface area contributed by atoms with Crippen LogP contribution in [0.5, 0.6) is 5.75 Å². The second-order valence-electron chi connectivity index (χ2n) is 13.9. The lowest BCUT2D eigenvalue weighted by Crippen LogP contribution is -2.59. The summed E-state index contributed by atoms with van der Waals surface area (Å²) in [6, 6.07) is 22.9. The minimum Gasteiger partial charge on any atom is -0.489 e. The summed E-state index contributed by atoms with van der Waals surface area (Å²) < 4.78 is 48.0. The van der Waals surface area contributed by atoms with Gasteiger partial charge in [-0.25, -0.2) is 8.42 Å². The van der Waals surface area contributed by atoms with Crippen molar-refractivity contribution in [2.75, 3.05) is 19.8 Å². The zero-order chi connectivity index (χ0) is 34.4. The summed E-state index contributed by atoms with van der Waals surface area (Å²) in [5, 5.41) is -0.566. The van der Waals surface area contributed by atoms with Crippen LogP contribution in [0.3, 0.4) is 0 Å². The third-order valence-corrected chi connectivity index (χ3v) is 15.5. The number of hydrogen-bond acceptors (Lipinski definition) is 6. The number of sulfonamides is 1. The van der Waals surface area contributed by atoms with Gasteiger partial charge in [0.05, 0.1) is 41.7 Å². The van der Waals surface area contributed by atoms with Gasteiger partial charge >= 0.3 is 0 Å². The molecule has 4 atom stereocenters. The molecule has 0 aromatic heterocycles. The van der Waals surface area contributed by atoms with Crippen molar-refractivity contribution in [1.82, 2.24) is 9.62 Å². The van der Waals surface area contributed by atoms with Crippen molar-refractivity contribution < 1.29 is 27.1 Å². The van der Waals surface area contributed by atoms with Crippen LogP contribution in [0.25, 0.3) is 0 Å². The van der Waals surface area contributed by atoms with Crippen molar-refractivity contribution in [2.24, 2.45) is 0 Å². The first-order chi connectivity index (χ1) is 22.1. The van der Waals surface area contributed by atoms with Crippen LogP contribution in [0.2, 0.25) is 18.1 Å². The Bertz CT molecular complexity index is 1560. The summed E-state index contributed by atoms with van der Waals surface area (Å²) >= 11 is 6.87. The predicted octanol–water partition coefficient (Wildman–Crippen LogP) is 6.71. The average molecular weight is 701 g/mol. The minimum atomic E-state index is -3.95. The maximum Gasteiger partial charge on any atom is 0.241 e. The van der Waals surface area contributed by atoms with Crippen molar-refractivity contribution in [2.45, 2.75) is 94.2 Å². The maximum atomic E-state index is 14.3. The van der Waals surface area contributed by atoms with E-state index in [0.717, 1.165) is 22.4 Å². The van der Waals surface area contributed by atoms with Crippen molar-refractivity contribution in [3.8, 4) is 5.75 Å². The van der Waals surface area contributed by atoms with Crippen molar-refractivity contribution in [3.05, 3.63) is 95.6 Å². The van der Waals surface area contributed by atoms with E-state index >= 15 is 0 Å². The second-order valence-corrected chi connectivity index (χ2v) is 20.9. The van der Waals surface area contributed by atoms with Gasteiger partial charge in [-0.05, 0) is 73.8 Å². The Labute approximate surface area is 286 Å². The number of nitrogens with one attached hydrogen (secondary N) is 1. The molecule has 1 fully saturated rings. The minimum absolute atomic E-state index is 0.0810. The topological polar surface area (TPSA) is 94.2 Å². The number of nitrogens with zero attached hydrogens (tertiary/aromatic N) is 1.